The molecule has 4 nitrogen and oxygen atoms in total. The lowest BCUT2D eigenvalue weighted by Gasteiger charge is -2.40. The molecule has 1 aromatic carbocycles. The molecular weight excluding hydrogens is 264 g/mol. The average Bonchev–Trinajstić information content (AvgIpc) is 2.46. The highest BCUT2D eigenvalue weighted by atomic mass is 35.5. The number of methoxy groups -OCH3 is 1. The van der Waals surface area contributed by atoms with E-state index < -0.39 is 0 Å². The fourth-order valence-electron chi connectivity index (χ4n) is 2.63. The number of nitrogens with zero attached hydrogens (tertiary/aromatic N) is 1. The maximum atomic E-state index is 6.21. The Morgan fingerprint density at radius 1 is 1.53 bits per heavy atom. The molecule has 1 fully saturated rings. The van der Waals surface area contributed by atoms with Gasteiger partial charge in [-0.3, -0.25) is 4.90 Å². The summed E-state index contributed by atoms with van der Waals surface area (Å²) in [5.74, 6) is 0.689. The van der Waals surface area contributed by atoms with Crippen LogP contribution in [-0.2, 0) is 4.74 Å². The quantitative estimate of drug-likeness (QED) is 0.919. The molecule has 0 aliphatic carbocycles. The van der Waals surface area contributed by atoms with Gasteiger partial charge in [0.25, 0.3) is 0 Å². The van der Waals surface area contributed by atoms with Crippen LogP contribution < -0.4 is 10.5 Å². The fourth-order valence-corrected chi connectivity index (χ4v) is 2.90. The highest BCUT2D eigenvalue weighted by molar-refractivity contribution is 6.32. The summed E-state index contributed by atoms with van der Waals surface area (Å²) in [5.41, 5.74) is 6.96. The lowest BCUT2D eigenvalue weighted by atomic mass is 9.98. The molecule has 0 saturated carbocycles. The predicted molar refractivity (Wildman–Crippen MR) is 76.8 cm³/mol. The number of hydrogen-bond acceptors (Lipinski definition) is 4. The van der Waals surface area contributed by atoms with Crippen LogP contribution in [0.15, 0.2) is 18.2 Å². The van der Waals surface area contributed by atoms with Crippen molar-refractivity contribution in [3.8, 4) is 5.75 Å². The molecule has 0 spiro atoms. The van der Waals surface area contributed by atoms with Gasteiger partial charge in [-0.25, -0.2) is 0 Å². The summed E-state index contributed by atoms with van der Waals surface area (Å²) in [6.45, 7) is 5.27. The van der Waals surface area contributed by atoms with Gasteiger partial charge in [0.15, 0.2) is 0 Å². The van der Waals surface area contributed by atoms with E-state index in [9.17, 15) is 0 Å². The molecule has 2 rings (SSSR count). The van der Waals surface area contributed by atoms with Gasteiger partial charge < -0.3 is 15.2 Å². The van der Waals surface area contributed by atoms with Crippen molar-refractivity contribution < 1.29 is 9.47 Å². The summed E-state index contributed by atoms with van der Waals surface area (Å²) in [6.07, 6.45) is 0.0122. The lowest BCUT2D eigenvalue weighted by molar-refractivity contribution is -0.0658. The van der Waals surface area contributed by atoms with Gasteiger partial charge in [-0.1, -0.05) is 24.6 Å². The van der Waals surface area contributed by atoms with Gasteiger partial charge in [-0.15, -0.1) is 0 Å². The van der Waals surface area contributed by atoms with E-state index in [0.29, 0.717) is 17.3 Å². The van der Waals surface area contributed by atoms with Gasteiger partial charge in [0.2, 0.25) is 0 Å². The van der Waals surface area contributed by atoms with E-state index in [2.05, 4.69) is 11.8 Å². The Morgan fingerprint density at radius 2 is 2.32 bits per heavy atom. The van der Waals surface area contributed by atoms with Crippen LogP contribution in [-0.4, -0.2) is 44.4 Å². The first-order chi connectivity index (χ1) is 9.21. The Hall–Kier alpha value is -0.810. The van der Waals surface area contributed by atoms with Crippen molar-refractivity contribution in [3.63, 3.8) is 0 Å². The number of hydrogen-bond donors (Lipinski definition) is 1. The summed E-state index contributed by atoms with van der Waals surface area (Å²) in [7, 11) is 1.62. The molecule has 2 unspecified atom stereocenters. The minimum atomic E-state index is 0.0122. The number of ether oxygens (including phenoxy) is 2. The Labute approximate surface area is 119 Å². The second-order valence-electron chi connectivity index (χ2n) is 4.61. The van der Waals surface area contributed by atoms with Crippen LogP contribution in [0.25, 0.3) is 0 Å². The summed E-state index contributed by atoms with van der Waals surface area (Å²) in [6, 6.07) is 6.04. The third-order valence-electron chi connectivity index (χ3n) is 3.61. The van der Waals surface area contributed by atoms with Crippen LogP contribution in [0.5, 0.6) is 5.75 Å². The van der Waals surface area contributed by atoms with Crippen molar-refractivity contribution in [1.82, 2.24) is 4.90 Å². The van der Waals surface area contributed by atoms with E-state index in [1.807, 2.05) is 18.2 Å². The maximum absolute atomic E-state index is 6.21. The smallest absolute Gasteiger partial charge is 0.137 e. The van der Waals surface area contributed by atoms with Gasteiger partial charge >= 0.3 is 0 Å². The second-order valence-corrected chi connectivity index (χ2v) is 5.02. The molecule has 1 heterocycles. The first kappa shape index (κ1) is 14.6. The van der Waals surface area contributed by atoms with E-state index in [-0.39, 0.29) is 12.1 Å². The van der Waals surface area contributed by atoms with Gasteiger partial charge in [-0.2, -0.15) is 0 Å². The number of nitrogens with two attached hydrogens (primary N) is 1. The van der Waals surface area contributed by atoms with E-state index >= 15 is 0 Å². The minimum Gasteiger partial charge on any atom is -0.495 e. The highest BCUT2D eigenvalue weighted by Gasteiger charge is 2.32. The Kier molecular flexibility index (Phi) is 5.05. The van der Waals surface area contributed by atoms with Crippen LogP contribution in [0.1, 0.15) is 18.5 Å². The largest absolute Gasteiger partial charge is 0.495 e. The summed E-state index contributed by atoms with van der Waals surface area (Å²) >= 11 is 6.21. The molecule has 0 amide bonds. The molecule has 1 aliphatic heterocycles. The van der Waals surface area contributed by atoms with Crippen LogP contribution >= 0.6 is 11.6 Å². The molecule has 0 radical (unpaired) electrons. The molecule has 0 aromatic heterocycles. The molecule has 106 valence electrons. The van der Waals surface area contributed by atoms with Gasteiger partial charge in [-0.05, 0) is 24.2 Å². The molecule has 2 N–H and O–H groups in total. The Bertz CT molecular complexity index is 416. The maximum Gasteiger partial charge on any atom is 0.137 e. The lowest BCUT2D eigenvalue weighted by Crippen LogP contribution is -2.48. The number of likely N-dealkylation sites (N-methyl/N-ethyl adjacent to an activating group) is 1. The number of benzene rings is 1. The zero-order valence-electron chi connectivity index (χ0n) is 11.4. The van der Waals surface area contributed by atoms with E-state index in [1.54, 1.807) is 7.11 Å². The van der Waals surface area contributed by atoms with Crippen molar-refractivity contribution in [2.75, 3.05) is 33.4 Å². The third kappa shape index (κ3) is 3.03. The topological polar surface area (TPSA) is 47.7 Å². The van der Waals surface area contributed by atoms with Crippen LogP contribution in [0.4, 0.5) is 0 Å². The predicted octanol–water partition coefficient (Wildman–Crippen LogP) is 2.07. The molecule has 1 aliphatic rings. The molecule has 1 aromatic rings. The highest BCUT2D eigenvalue weighted by Crippen LogP contribution is 2.33. The standard InChI is InChI=1S/C14H21ClN2O2/c1-3-17-6-7-19-13(9-16)14(17)10-4-5-12(18-2)11(15)8-10/h4-5,8,13-14H,3,6-7,9,16H2,1-2H3. The second kappa shape index (κ2) is 6.57. The monoisotopic (exact) mass is 284 g/mol. The van der Waals surface area contributed by atoms with Crippen molar-refractivity contribution in [1.29, 1.82) is 0 Å². The van der Waals surface area contributed by atoms with Crippen molar-refractivity contribution in [2.45, 2.75) is 19.1 Å². The first-order valence-electron chi connectivity index (χ1n) is 6.60. The normalized spacial score (nSPS) is 24.4. The number of rotatable bonds is 4. The van der Waals surface area contributed by atoms with Gasteiger partial charge in [0.1, 0.15) is 5.75 Å². The molecule has 1 saturated heterocycles. The van der Waals surface area contributed by atoms with Crippen LogP contribution in [0.3, 0.4) is 0 Å². The van der Waals surface area contributed by atoms with E-state index in [0.717, 1.165) is 25.3 Å². The van der Waals surface area contributed by atoms with Crippen molar-refractivity contribution in [3.05, 3.63) is 28.8 Å². The first-order valence-corrected chi connectivity index (χ1v) is 6.98. The molecule has 5 heteroatoms. The van der Waals surface area contributed by atoms with Gasteiger partial charge in [0, 0.05) is 13.1 Å². The average molecular weight is 285 g/mol. The zero-order chi connectivity index (χ0) is 13.8. The van der Waals surface area contributed by atoms with Crippen LogP contribution in [0.2, 0.25) is 5.02 Å². The molecule has 19 heavy (non-hydrogen) atoms. The fraction of sp³-hybridized carbons (Fsp3) is 0.571. The molecule has 2 atom stereocenters. The Morgan fingerprint density at radius 3 is 2.89 bits per heavy atom. The number of halogens is 1. The zero-order valence-corrected chi connectivity index (χ0v) is 12.2. The van der Waals surface area contributed by atoms with E-state index in [4.69, 9.17) is 26.8 Å². The molecular formula is C14H21ClN2O2. The van der Waals surface area contributed by atoms with Gasteiger partial charge in [0.05, 0.1) is 30.9 Å². The Balaban J connectivity index is 2.32. The molecule has 0 bridgehead atoms. The summed E-state index contributed by atoms with van der Waals surface area (Å²) in [5, 5.41) is 0.623. The summed E-state index contributed by atoms with van der Waals surface area (Å²) in [4.78, 5) is 2.37. The summed E-state index contributed by atoms with van der Waals surface area (Å²) < 4.78 is 11.0. The third-order valence-corrected chi connectivity index (χ3v) is 3.91. The van der Waals surface area contributed by atoms with Crippen molar-refractivity contribution >= 4 is 11.6 Å². The minimum absolute atomic E-state index is 0.0122. The van der Waals surface area contributed by atoms with E-state index in [1.165, 1.54) is 0 Å². The van der Waals surface area contributed by atoms with Crippen LogP contribution in [0, 0.1) is 0 Å². The SMILES string of the molecule is CCN1CCOC(CN)C1c1ccc(OC)c(Cl)c1. The number of morpholine rings is 1. The van der Waals surface area contributed by atoms with Crippen molar-refractivity contribution in [2.24, 2.45) is 5.73 Å².